The van der Waals surface area contributed by atoms with Crippen molar-refractivity contribution in [3.05, 3.63) is 113 Å². The molecule has 0 saturated heterocycles. The number of ketones is 1. The predicted molar refractivity (Wildman–Crippen MR) is 127 cm³/mol. The molecule has 5 aromatic rings. The minimum atomic E-state index is -0.321. The summed E-state index contributed by atoms with van der Waals surface area (Å²) in [4.78, 5) is 26.2. The van der Waals surface area contributed by atoms with Crippen LogP contribution in [0.5, 0.6) is 0 Å². The molecule has 0 radical (unpaired) electrons. The number of amides is 1. The van der Waals surface area contributed by atoms with Crippen molar-refractivity contribution in [2.45, 2.75) is 6.42 Å². The highest BCUT2D eigenvalue weighted by molar-refractivity contribution is 6.30. The van der Waals surface area contributed by atoms with Gasteiger partial charge in [-0.15, -0.1) is 0 Å². The standard InChI is InChI=1S/C27H18ClNO3/c28-20-14-12-18(13-15-20)26(31)27-25(22-10-3-4-11-23(22)32-27)29-24(30)16-19-8-5-7-17-6-1-2-9-21(17)19/h1-15H,16H2,(H,29,30). The zero-order valence-electron chi connectivity index (χ0n) is 17.0. The topological polar surface area (TPSA) is 59.3 Å². The van der Waals surface area contributed by atoms with Gasteiger partial charge in [0.15, 0.2) is 5.76 Å². The highest BCUT2D eigenvalue weighted by Crippen LogP contribution is 2.33. The van der Waals surface area contributed by atoms with Crippen LogP contribution in [-0.4, -0.2) is 11.7 Å². The SMILES string of the molecule is O=C(Cc1cccc2ccccc12)Nc1c(C(=O)c2ccc(Cl)cc2)oc2ccccc12. The third-order valence-electron chi connectivity index (χ3n) is 5.40. The first-order valence-corrected chi connectivity index (χ1v) is 10.6. The van der Waals surface area contributed by atoms with E-state index in [4.69, 9.17) is 16.0 Å². The first-order chi connectivity index (χ1) is 15.6. The van der Waals surface area contributed by atoms with Crippen LogP contribution in [0.15, 0.2) is 95.4 Å². The first-order valence-electron chi connectivity index (χ1n) is 10.2. The number of anilines is 1. The normalized spacial score (nSPS) is 11.0. The quantitative estimate of drug-likeness (QED) is 0.312. The van der Waals surface area contributed by atoms with Gasteiger partial charge in [0.1, 0.15) is 5.58 Å². The summed E-state index contributed by atoms with van der Waals surface area (Å²) in [6.45, 7) is 0. The van der Waals surface area contributed by atoms with Crippen molar-refractivity contribution >= 4 is 50.7 Å². The Hall–Kier alpha value is -3.89. The Kier molecular flexibility index (Phi) is 5.21. The van der Waals surface area contributed by atoms with Gasteiger partial charge in [0.05, 0.1) is 12.1 Å². The number of nitrogens with one attached hydrogen (secondary N) is 1. The number of rotatable bonds is 5. The lowest BCUT2D eigenvalue weighted by atomic mass is 10.0. The van der Waals surface area contributed by atoms with Crippen molar-refractivity contribution < 1.29 is 14.0 Å². The van der Waals surface area contributed by atoms with Gasteiger partial charge in [-0.1, -0.05) is 66.2 Å². The van der Waals surface area contributed by atoms with Crippen molar-refractivity contribution in [1.29, 1.82) is 0 Å². The lowest BCUT2D eigenvalue weighted by molar-refractivity contribution is -0.115. The molecule has 0 spiro atoms. The Morgan fingerprint density at radius 2 is 1.47 bits per heavy atom. The number of para-hydroxylation sites is 1. The Morgan fingerprint density at radius 3 is 2.28 bits per heavy atom. The number of benzene rings is 4. The molecule has 0 aliphatic carbocycles. The van der Waals surface area contributed by atoms with E-state index in [-0.39, 0.29) is 23.9 Å². The number of furan rings is 1. The van der Waals surface area contributed by atoms with Crippen molar-refractivity contribution in [2.75, 3.05) is 5.32 Å². The van der Waals surface area contributed by atoms with Crippen molar-refractivity contribution in [3.63, 3.8) is 0 Å². The maximum atomic E-state index is 13.2. The van der Waals surface area contributed by atoms with Crippen LogP contribution in [0.4, 0.5) is 5.69 Å². The third-order valence-corrected chi connectivity index (χ3v) is 5.66. The fourth-order valence-electron chi connectivity index (χ4n) is 3.87. The molecule has 0 bridgehead atoms. The Morgan fingerprint density at radius 1 is 0.781 bits per heavy atom. The van der Waals surface area contributed by atoms with Crippen molar-refractivity contribution in [1.82, 2.24) is 0 Å². The summed E-state index contributed by atoms with van der Waals surface area (Å²) in [5.74, 6) is -0.448. The molecule has 0 saturated carbocycles. The smallest absolute Gasteiger partial charge is 0.230 e. The fraction of sp³-hybridized carbons (Fsp3) is 0.0370. The molecule has 32 heavy (non-hydrogen) atoms. The zero-order chi connectivity index (χ0) is 22.1. The van der Waals surface area contributed by atoms with Crippen LogP contribution >= 0.6 is 11.6 Å². The van der Waals surface area contributed by atoms with Gasteiger partial charge >= 0.3 is 0 Å². The van der Waals surface area contributed by atoms with Crippen molar-refractivity contribution in [2.24, 2.45) is 0 Å². The average Bonchev–Trinajstić information content (AvgIpc) is 3.17. The van der Waals surface area contributed by atoms with Crippen LogP contribution in [0.3, 0.4) is 0 Å². The van der Waals surface area contributed by atoms with E-state index in [2.05, 4.69) is 5.32 Å². The number of carbonyl (C=O) groups excluding carboxylic acids is 2. The fourth-order valence-corrected chi connectivity index (χ4v) is 3.99. The number of carbonyl (C=O) groups is 2. The molecule has 0 aliphatic rings. The minimum Gasteiger partial charge on any atom is -0.450 e. The molecule has 4 nitrogen and oxygen atoms in total. The molecule has 5 rings (SSSR count). The summed E-state index contributed by atoms with van der Waals surface area (Å²) in [7, 11) is 0. The van der Waals surface area contributed by atoms with E-state index in [0.717, 1.165) is 16.3 Å². The molecule has 5 heteroatoms. The summed E-state index contributed by atoms with van der Waals surface area (Å²) in [5, 5.41) is 6.24. The zero-order valence-corrected chi connectivity index (χ0v) is 17.7. The van der Waals surface area contributed by atoms with Gasteiger partial charge in [-0.25, -0.2) is 0 Å². The molecule has 1 amide bonds. The summed E-state index contributed by atoms with van der Waals surface area (Å²) in [6, 6.07) is 27.7. The second kappa shape index (κ2) is 8.33. The first kappa shape index (κ1) is 20.0. The Labute approximate surface area is 189 Å². The van der Waals surface area contributed by atoms with Crippen LogP contribution in [0.2, 0.25) is 5.02 Å². The summed E-state index contributed by atoms with van der Waals surface area (Å²) >= 11 is 5.95. The summed E-state index contributed by atoms with van der Waals surface area (Å²) in [5.41, 5.74) is 2.26. The average molecular weight is 440 g/mol. The Bertz CT molecular complexity index is 1460. The minimum absolute atomic E-state index is 0.0970. The van der Waals surface area contributed by atoms with Crippen LogP contribution in [0.1, 0.15) is 21.7 Å². The molecular formula is C27H18ClNO3. The largest absolute Gasteiger partial charge is 0.450 e. The maximum absolute atomic E-state index is 13.2. The second-order valence-corrected chi connectivity index (χ2v) is 7.94. The van der Waals surface area contributed by atoms with Crippen LogP contribution < -0.4 is 5.32 Å². The molecule has 0 aliphatic heterocycles. The number of halogens is 1. The molecule has 156 valence electrons. The molecular weight excluding hydrogens is 422 g/mol. The third kappa shape index (κ3) is 3.77. The molecule has 0 fully saturated rings. The van der Waals surface area contributed by atoms with E-state index in [0.29, 0.717) is 27.2 Å². The van der Waals surface area contributed by atoms with Crippen LogP contribution in [-0.2, 0) is 11.2 Å². The monoisotopic (exact) mass is 439 g/mol. The number of hydrogen-bond acceptors (Lipinski definition) is 3. The molecule has 4 aromatic carbocycles. The van der Waals surface area contributed by atoms with E-state index in [1.807, 2.05) is 60.7 Å². The second-order valence-electron chi connectivity index (χ2n) is 7.50. The van der Waals surface area contributed by atoms with Gasteiger partial charge in [0.25, 0.3) is 0 Å². The van der Waals surface area contributed by atoms with E-state index >= 15 is 0 Å². The molecule has 1 N–H and O–H groups in total. The van der Waals surface area contributed by atoms with Gasteiger partial charge in [0.2, 0.25) is 11.7 Å². The van der Waals surface area contributed by atoms with Gasteiger partial charge in [0, 0.05) is 16.0 Å². The predicted octanol–water partition coefficient (Wildman–Crippen LogP) is 6.65. The maximum Gasteiger partial charge on any atom is 0.230 e. The highest BCUT2D eigenvalue weighted by Gasteiger charge is 2.23. The van der Waals surface area contributed by atoms with E-state index in [1.165, 1.54) is 0 Å². The molecule has 1 aromatic heterocycles. The van der Waals surface area contributed by atoms with E-state index in [1.54, 1.807) is 30.3 Å². The van der Waals surface area contributed by atoms with Crippen LogP contribution in [0.25, 0.3) is 21.7 Å². The van der Waals surface area contributed by atoms with Gasteiger partial charge in [-0.05, 0) is 52.7 Å². The lowest BCUT2D eigenvalue weighted by Crippen LogP contribution is -2.16. The summed E-state index contributed by atoms with van der Waals surface area (Å²) < 4.78 is 5.87. The molecule has 0 unspecified atom stereocenters. The number of hydrogen-bond donors (Lipinski definition) is 1. The Balaban J connectivity index is 1.50. The molecule has 0 atom stereocenters. The summed E-state index contributed by atoms with van der Waals surface area (Å²) in [6.07, 6.45) is 0.176. The van der Waals surface area contributed by atoms with Gasteiger partial charge in [-0.2, -0.15) is 0 Å². The lowest BCUT2D eigenvalue weighted by Gasteiger charge is -2.09. The molecule has 1 heterocycles. The van der Waals surface area contributed by atoms with E-state index < -0.39 is 0 Å². The van der Waals surface area contributed by atoms with Gasteiger partial charge in [-0.3, -0.25) is 9.59 Å². The van der Waals surface area contributed by atoms with Gasteiger partial charge < -0.3 is 9.73 Å². The van der Waals surface area contributed by atoms with Crippen LogP contribution in [0, 0.1) is 0 Å². The van der Waals surface area contributed by atoms with E-state index in [9.17, 15) is 9.59 Å². The highest BCUT2D eigenvalue weighted by atomic mass is 35.5. The number of fused-ring (bicyclic) bond motifs is 2. The van der Waals surface area contributed by atoms with Crippen molar-refractivity contribution in [3.8, 4) is 0 Å².